The van der Waals surface area contributed by atoms with Crippen molar-refractivity contribution < 1.29 is 9.53 Å². The van der Waals surface area contributed by atoms with Crippen molar-refractivity contribution in [3.8, 4) is 5.75 Å². The molecule has 0 aliphatic carbocycles. The number of hydrogen-bond donors (Lipinski definition) is 1. The van der Waals surface area contributed by atoms with E-state index in [4.69, 9.17) is 10.5 Å². The van der Waals surface area contributed by atoms with Crippen LogP contribution in [0.3, 0.4) is 0 Å². The van der Waals surface area contributed by atoms with Gasteiger partial charge in [0.2, 0.25) is 0 Å². The number of amides is 1. The maximum absolute atomic E-state index is 12.4. The smallest absolute Gasteiger partial charge is 0.257 e. The van der Waals surface area contributed by atoms with E-state index in [2.05, 4.69) is 13.8 Å². The highest BCUT2D eigenvalue weighted by atomic mass is 16.5. The van der Waals surface area contributed by atoms with Crippen LogP contribution in [0.4, 0.5) is 5.69 Å². The van der Waals surface area contributed by atoms with Gasteiger partial charge in [-0.3, -0.25) is 4.79 Å². The summed E-state index contributed by atoms with van der Waals surface area (Å²) < 4.78 is 5.22. The SMILES string of the molecule is CCN(CC(C)C)C(=O)c1cc(N)ccc1OC. The van der Waals surface area contributed by atoms with E-state index in [1.54, 1.807) is 25.3 Å². The summed E-state index contributed by atoms with van der Waals surface area (Å²) in [4.78, 5) is 14.2. The molecule has 18 heavy (non-hydrogen) atoms. The molecule has 1 aromatic rings. The molecule has 0 radical (unpaired) electrons. The Morgan fingerprint density at radius 2 is 2.11 bits per heavy atom. The first-order valence-electron chi connectivity index (χ1n) is 6.22. The zero-order chi connectivity index (χ0) is 13.7. The average Bonchev–Trinajstić information content (AvgIpc) is 2.34. The number of hydrogen-bond acceptors (Lipinski definition) is 3. The summed E-state index contributed by atoms with van der Waals surface area (Å²) in [7, 11) is 1.56. The second kappa shape index (κ2) is 6.28. The second-order valence-corrected chi connectivity index (χ2v) is 4.70. The molecule has 2 N–H and O–H groups in total. The van der Waals surface area contributed by atoms with Crippen molar-refractivity contribution in [2.75, 3.05) is 25.9 Å². The molecular formula is C14H22N2O2. The first kappa shape index (κ1) is 14.4. The zero-order valence-electron chi connectivity index (χ0n) is 11.6. The standard InChI is InChI=1S/C14H22N2O2/c1-5-16(9-10(2)3)14(17)12-8-11(15)6-7-13(12)18-4/h6-8,10H,5,9,15H2,1-4H3. The fraction of sp³-hybridized carbons (Fsp3) is 0.500. The highest BCUT2D eigenvalue weighted by molar-refractivity contribution is 5.97. The Labute approximate surface area is 109 Å². The van der Waals surface area contributed by atoms with E-state index in [1.165, 1.54) is 0 Å². The van der Waals surface area contributed by atoms with Crippen molar-refractivity contribution in [2.45, 2.75) is 20.8 Å². The molecule has 0 saturated heterocycles. The molecule has 0 bridgehead atoms. The molecule has 0 saturated carbocycles. The number of nitrogen functional groups attached to an aromatic ring is 1. The van der Waals surface area contributed by atoms with Crippen molar-refractivity contribution >= 4 is 11.6 Å². The summed E-state index contributed by atoms with van der Waals surface area (Å²) in [5.74, 6) is 0.965. The molecule has 100 valence electrons. The lowest BCUT2D eigenvalue weighted by molar-refractivity contribution is 0.0742. The number of carbonyl (C=O) groups excluding carboxylic acids is 1. The van der Waals surface area contributed by atoms with Crippen LogP contribution < -0.4 is 10.5 Å². The molecule has 4 heteroatoms. The van der Waals surface area contributed by atoms with Crippen LogP contribution in [-0.2, 0) is 0 Å². The fourth-order valence-corrected chi connectivity index (χ4v) is 1.86. The number of nitrogens with two attached hydrogens (primary N) is 1. The molecule has 0 aliphatic rings. The molecule has 0 spiro atoms. The molecule has 1 aromatic carbocycles. The van der Waals surface area contributed by atoms with Crippen molar-refractivity contribution in [1.29, 1.82) is 0 Å². The number of carbonyl (C=O) groups is 1. The van der Waals surface area contributed by atoms with Crippen molar-refractivity contribution in [3.63, 3.8) is 0 Å². The first-order valence-corrected chi connectivity index (χ1v) is 6.22. The first-order chi connectivity index (χ1) is 8.49. The number of rotatable bonds is 5. The monoisotopic (exact) mass is 250 g/mol. The number of methoxy groups -OCH3 is 1. The fourth-order valence-electron chi connectivity index (χ4n) is 1.86. The highest BCUT2D eigenvalue weighted by Crippen LogP contribution is 2.23. The van der Waals surface area contributed by atoms with Crippen LogP contribution in [0.5, 0.6) is 5.75 Å². The third kappa shape index (κ3) is 3.39. The molecule has 0 unspecified atom stereocenters. The van der Waals surface area contributed by atoms with E-state index in [0.29, 0.717) is 29.5 Å². The van der Waals surface area contributed by atoms with Crippen LogP contribution in [0.2, 0.25) is 0 Å². The van der Waals surface area contributed by atoms with Gasteiger partial charge in [0, 0.05) is 18.8 Å². The average molecular weight is 250 g/mol. The van der Waals surface area contributed by atoms with Crippen LogP contribution >= 0.6 is 0 Å². The lowest BCUT2D eigenvalue weighted by Crippen LogP contribution is -2.34. The molecule has 0 fully saturated rings. The van der Waals surface area contributed by atoms with Crippen molar-refractivity contribution in [3.05, 3.63) is 23.8 Å². The Balaban J connectivity index is 3.04. The van der Waals surface area contributed by atoms with Gasteiger partial charge in [0.1, 0.15) is 5.75 Å². The molecule has 0 heterocycles. The normalized spacial score (nSPS) is 10.5. The Kier molecular flexibility index (Phi) is 5.01. The second-order valence-electron chi connectivity index (χ2n) is 4.70. The van der Waals surface area contributed by atoms with Crippen LogP contribution in [0.1, 0.15) is 31.1 Å². The quantitative estimate of drug-likeness (QED) is 0.816. The Bertz CT molecular complexity index is 416. The molecule has 0 atom stereocenters. The van der Waals surface area contributed by atoms with Gasteiger partial charge in [0.05, 0.1) is 12.7 Å². The molecular weight excluding hydrogens is 228 g/mol. The van der Waals surface area contributed by atoms with E-state index >= 15 is 0 Å². The lowest BCUT2D eigenvalue weighted by Gasteiger charge is -2.24. The number of ether oxygens (including phenoxy) is 1. The predicted molar refractivity (Wildman–Crippen MR) is 73.8 cm³/mol. The van der Waals surface area contributed by atoms with Gasteiger partial charge < -0.3 is 15.4 Å². The third-order valence-electron chi connectivity index (χ3n) is 2.71. The largest absolute Gasteiger partial charge is 0.496 e. The molecule has 1 rings (SSSR count). The maximum atomic E-state index is 12.4. The van der Waals surface area contributed by atoms with E-state index in [-0.39, 0.29) is 5.91 Å². The summed E-state index contributed by atoms with van der Waals surface area (Å²) in [6, 6.07) is 5.13. The van der Waals surface area contributed by atoms with Crippen LogP contribution in [-0.4, -0.2) is 31.0 Å². The van der Waals surface area contributed by atoms with Gasteiger partial charge in [-0.05, 0) is 31.0 Å². The van der Waals surface area contributed by atoms with E-state index in [0.717, 1.165) is 6.54 Å². The van der Waals surface area contributed by atoms with Gasteiger partial charge in [0.15, 0.2) is 0 Å². The van der Waals surface area contributed by atoms with Gasteiger partial charge >= 0.3 is 0 Å². The highest BCUT2D eigenvalue weighted by Gasteiger charge is 2.19. The van der Waals surface area contributed by atoms with E-state index in [1.807, 2.05) is 11.8 Å². The van der Waals surface area contributed by atoms with Crippen molar-refractivity contribution in [1.82, 2.24) is 4.90 Å². The Morgan fingerprint density at radius 3 is 2.61 bits per heavy atom. The molecule has 4 nitrogen and oxygen atoms in total. The van der Waals surface area contributed by atoms with Gasteiger partial charge in [-0.1, -0.05) is 13.8 Å². The van der Waals surface area contributed by atoms with Crippen LogP contribution in [0.15, 0.2) is 18.2 Å². The van der Waals surface area contributed by atoms with Gasteiger partial charge in [-0.2, -0.15) is 0 Å². The Hall–Kier alpha value is -1.71. The van der Waals surface area contributed by atoms with Crippen molar-refractivity contribution in [2.24, 2.45) is 5.92 Å². The predicted octanol–water partition coefficient (Wildman–Crippen LogP) is 2.40. The Morgan fingerprint density at radius 1 is 1.44 bits per heavy atom. The summed E-state index contributed by atoms with van der Waals surface area (Å²) in [5.41, 5.74) is 6.83. The topological polar surface area (TPSA) is 55.6 Å². The number of benzene rings is 1. The lowest BCUT2D eigenvalue weighted by atomic mass is 10.1. The number of nitrogens with zero attached hydrogens (tertiary/aromatic N) is 1. The van der Waals surface area contributed by atoms with E-state index < -0.39 is 0 Å². The molecule has 0 aromatic heterocycles. The minimum Gasteiger partial charge on any atom is -0.496 e. The molecule has 0 aliphatic heterocycles. The summed E-state index contributed by atoms with van der Waals surface area (Å²) in [6.07, 6.45) is 0. The zero-order valence-corrected chi connectivity index (χ0v) is 11.6. The third-order valence-corrected chi connectivity index (χ3v) is 2.71. The van der Waals surface area contributed by atoms with Crippen LogP contribution in [0, 0.1) is 5.92 Å². The summed E-state index contributed by atoms with van der Waals surface area (Å²) in [5, 5.41) is 0. The van der Waals surface area contributed by atoms with Gasteiger partial charge in [0.25, 0.3) is 5.91 Å². The van der Waals surface area contributed by atoms with E-state index in [9.17, 15) is 4.79 Å². The van der Waals surface area contributed by atoms with Crippen LogP contribution in [0.25, 0.3) is 0 Å². The summed E-state index contributed by atoms with van der Waals surface area (Å²) in [6.45, 7) is 7.56. The van der Waals surface area contributed by atoms with Gasteiger partial charge in [-0.25, -0.2) is 0 Å². The van der Waals surface area contributed by atoms with Gasteiger partial charge in [-0.15, -0.1) is 0 Å². The number of anilines is 1. The minimum atomic E-state index is -0.0321. The summed E-state index contributed by atoms with van der Waals surface area (Å²) >= 11 is 0. The maximum Gasteiger partial charge on any atom is 0.257 e. The molecule has 1 amide bonds. The minimum absolute atomic E-state index is 0.0321.